The number of para-hydroxylation sites is 1. The summed E-state index contributed by atoms with van der Waals surface area (Å²) in [5.41, 5.74) is 7.65. The summed E-state index contributed by atoms with van der Waals surface area (Å²) in [5, 5.41) is 1.02. The van der Waals surface area contributed by atoms with Gasteiger partial charge < -0.3 is 15.2 Å². The van der Waals surface area contributed by atoms with Gasteiger partial charge in [-0.25, -0.2) is 14.3 Å². The fourth-order valence-corrected chi connectivity index (χ4v) is 4.81. The maximum atomic E-state index is 13.8. The molecule has 0 amide bonds. The lowest BCUT2D eigenvalue weighted by Crippen LogP contribution is -2.44. The maximum Gasteiger partial charge on any atom is 0.293 e. The SMILES string of the molecule is C=CCn1c(=O)c2nc(N3CCC[C@@H](N)C3)n(CC)c2c(=O)n1Cc1ccc2ccccc2n1. The van der Waals surface area contributed by atoms with Crippen molar-refractivity contribution in [2.24, 2.45) is 5.73 Å². The first kappa shape index (κ1) is 22.1. The summed E-state index contributed by atoms with van der Waals surface area (Å²) in [7, 11) is 0. The van der Waals surface area contributed by atoms with E-state index in [9.17, 15) is 9.59 Å². The minimum atomic E-state index is -0.315. The van der Waals surface area contributed by atoms with Crippen LogP contribution in [0.2, 0.25) is 0 Å². The van der Waals surface area contributed by atoms with Gasteiger partial charge in [0.25, 0.3) is 11.1 Å². The van der Waals surface area contributed by atoms with Crippen LogP contribution in [0.4, 0.5) is 5.95 Å². The zero-order chi connectivity index (χ0) is 23.8. The summed E-state index contributed by atoms with van der Waals surface area (Å²) < 4.78 is 4.72. The molecule has 34 heavy (non-hydrogen) atoms. The molecule has 1 aliphatic rings. The van der Waals surface area contributed by atoms with Crippen molar-refractivity contribution in [3.63, 3.8) is 0 Å². The zero-order valence-electron chi connectivity index (χ0n) is 19.4. The Morgan fingerprint density at radius 1 is 1.12 bits per heavy atom. The van der Waals surface area contributed by atoms with Crippen molar-refractivity contribution in [1.82, 2.24) is 23.9 Å². The van der Waals surface area contributed by atoms with Crippen molar-refractivity contribution < 1.29 is 0 Å². The molecule has 176 valence electrons. The molecule has 0 radical (unpaired) electrons. The van der Waals surface area contributed by atoms with Crippen LogP contribution in [0.5, 0.6) is 0 Å². The lowest BCUT2D eigenvalue weighted by molar-refractivity contribution is 0.471. The summed E-state index contributed by atoms with van der Waals surface area (Å²) >= 11 is 0. The van der Waals surface area contributed by atoms with E-state index < -0.39 is 0 Å². The lowest BCUT2D eigenvalue weighted by atomic mass is 10.1. The van der Waals surface area contributed by atoms with Gasteiger partial charge in [0, 0.05) is 31.1 Å². The van der Waals surface area contributed by atoms with E-state index in [4.69, 9.17) is 10.7 Å². The van der Waals surface area contributed by atoms with Crippen molar-refractivity contribution in [3.8, 4) is 0 Å². The van der Waals surface area contributed by atoms with Gasteiger partial charge in [0.2, 0.25) is 5.95 Å². The largest absolute Gasteiger partial charge is 0.341 e. The van der Waals surface area contributed by atoms with Gasteiger partial charge in [0.15, 0.2) is 5.52 Å². The third kappa shape index (κ3) is 3.71. The second-order valence-corrected chi connectivity index (χ2v) is 8.74. The Balaban J connectivity index is 1.69. The van der Waals surface area contributed by atoms with Gasteiger partial charge >= 0.3 is 0 Å². The molecule has 1 aromatic carbocycles. The lowest BCUT2D eigenvalue weighted by Gasteiger charge is -2.31. The van der Waals surface area contributed by atoms with E-state index in [0.29, 0.717) is 30.2 Å². The highest BCUT2D eigenvalue weighted by molar-refractivity contribution is 5.79. The first-order valence-electron chi connectivity index (χ1n) is 11.7. The average Bonchev–Trinajstić information content (AvgIpc) is 3.25. The average molecular weight is 460 g/mol. The van der Waals surface area contributed by atoms with Crippen LogP contribution < -0.4 is 21.8 Å². The Labute approximate surface area is 196 Å². The number of nitrogens with zero attached hydrogens (tertiary/aromatic N) is 6. The van der Waals surface area contributed by atoms with Gasteiger partial charge in [0.05, 0.1) is 24.3 Å². The number of aromatic nitrogens is 5. The molecule has 0 bridgehead atoms. The number of rotatable bonds is 6. The molecule has 3 aromatic heterocycles. The van der Waals surface area contributed by atoms with Crippen LogP contribution in [0.3, 0.4) is 0 Å². The smallest absolute Gasteiger partial charge is 0.293 e. The van der Waals surface area contributed by atoms with E-state index in [-0.39, 0.29) is 35.8 Å². The Kier molecular flexibility index (Phi) is 5.79. The molecule has 0 unspecified atom stereocenters. The van der Waals surface area contributed by atoms with Crippen LogP contribution in [0, 0.1) is 0 Å². The molecule has 1 atom stereocenters. The molecule has 0 saturated carbocycles. The Hall–Kier alpha value is -3.72. The molecule has 0 aliphatic carbocycles. The van der Waals surface area contributed by atoms with Crippen LogP contribution in [0.25, 0.3) is 21.9 Å². The summed E-state index contributed by atoms with van der Waals surface area (Å²) in [5.74, 6) is 0.633. The molecule has 1 fully saturated rings. The third-order valence-corrected chi connectivity index (χ3v) is 6.44. The minimum absolute atomic E-state index is 0.0481. The molecular weight excluding hydrogens is 430 g/mol. The molecule has 9 heteroatoms. The molecule has 4 heterocycles. The fraction of sp³-hybridized carbons (Fsp3) is 0.360. The van der Waals surface area contributed by atoms with Crippen molar-refractivity contribution in [1.29, 1.82) is 0 Å². The van der Waals surface area contributed by atoms with E-state index in [0.717, 1.165) is 30.3 Å². The van der Waals surface area contributed by atoms with Crippen LogP contribution in [-0.2, 0) is 19.6 Å². The van der Waals surface area contributed by atoms with Gasteiger partial charge in [-0.15, -0.1) is 6.58 Å². The third-order valence-electron chi connectivity index (χ3n) is 6.44. The van der Waals surface area contributed by atoms with Crippen LogP contribution >= 0.6 is 0 Å². The summed E-state index contributed by atoms with van der Waals surface area (Å²) in [6.07, 6.45) is 3.52. The zero-order valence-corrected chi connectivity index (χ0v) is 19.4. The highest BCUT2D eigenvalue weighted by Gasteiger charge is 2.26. The van der Waals surface area contributed by atoms with Gasteiger partial charge in [-0.3, -0.25) is 14.6 Å². The number of benzene rings is 1. The molecule has 1 aliphatic heterocycles. The number of allylic oxidation sites excluding steroid dienone is 1. The molecule has 5 rings (SSSR count). The van der Waals surface area contributed by atoms with E-state index in [1.807, 2.05) is 47.9 Å². The van der Waals surface area contributed by atoms with Crippen molar-refractivity contribution in [3.05, 3.63) is 75.5 Å². The molecule has 9 nitrogen and oxygen atoms in total. The topological polar surface area (TPSA) is 104 Å². The number of fused-ring (bicyclic) bond motifs is 2. The molecule has 4 aromatic rings. The number of aryl methyl sites for hydroxylation is 1. The highest BCUT2D eigenvalue weighted by Crippen LogP contribution is 2.22. The fourth-order valence-electron chi connectivity index (χ4n) is 4.81. The number of nitrogens with two attached hydrogens (primary N) is 1. The standard InChI is InChI=1S/C25H29N7O2/c1-3-13-31-23(33)21-22(30(4-2)25(28-21)29-14-7-9-18(26)15-29)24(34)32(31)16-19-12-11-17-8-5-6-10-20(17)27-19/h3,5-6,8,10-12,18H,1,4,7,9,13-16,26H2,2H3/t18-/m1/s1. The minimum Gasteiger partial charge on any atom is -0.341 e. The number of anilines is 1. The van der Waals surface area contributed by atoms with Crippen molar-refractivity contribution in [2.75, 3.05) is 18.0 Å². The monoisotopic (exact) mass is 459 g/mol. The van der Waals surface area contributed by atoms with E-state index in [1.54, 1.807) is 6.08 Å². The van der Waals surface area contributed by atoms with Crippen molar-refractivity contribution >= 4 is 27.9 Å². The van der Waals surface area contributed by atoms with Gasteiger partial charge in [-0.2, -0.15) is 0 Å². The predicted molar refractivity (Wildman–Crippen MR) is 134 cm³/mol. The van der Waals surface area contributed by atoms with Crippen LogP contribution in [0.1, 0.15) is 25.5 Å². The first-order valence-corrected chi connectivity index (χ1v) is 11.7. The number of hydrogen-bond acceptors (Lipinski definition) is 6. The number of imidazole rings is 1. The summed E-state index contributed by atoms with van der Waals surface area (Å²) in [6.45, 7) is 8.07. The Bertz CT molecular complexity index is 1500. The molecule has 2 N–H and O–H groups in total. The number of pyridine rings is 1. The summed E-state index contributed by atoms with van der Waals surface area (Å²) in [6, 6.07) is 11.7. The predicted octanol–water partition coefficient (Wildman–Crippen LogP) is 2.09. The second kappa shape index (κ2) is 8.90. The number of hydrogen-bond donors (Lipinski definition) is 1. The van der Waals surface area contributed by atoms with Crippen LogP contribution in [0.15, 0.2) is 58.6 Å². The molecule has 0 spiro atoms. The highest BCUT2D eigenvalue weighted by atomic mass is 16.2. The van der Waals surface area contributed by atoms with Crippen LogP contribution in [-0.4, -0.2) is 43.0 Å². The summed E-state index contributed by atoms with van der Waals surface area (Å²) in [4.78, 5) is 38.8. The van der Waals surface area contributed by atoms with Crippen molar-refractivity contribution in [2.45, 2.75) is 45.4 Å². The van der Waals surface area contributed by atoms with Gasteiger partial charge in [-0.05, 0) is 31.9 Å². The quantitative estimate of drug-likeness (QED) is 0.443. The van der Waals surface area contributed by atoms with E-state index in [2.05, 4.69) is 16.5 Å². The second-order valence-electron chi connectivity index (χ2n) is 8.74. The van der Waals surface area contributed by atoms with Gasteiger partial charge in [-0.1, -0.05) is 30.3 Å². The van der Waals surface area contributed by atoms with E-state index in [1.165, 1.54) is 9.36 Å². The maximum absolute atomic E-state index is 13.8. The molecular formula is C25H29N7O2. The first-order chi connectivity index (χ1) is 16.5. The van der Waals surface area contributed by atoms with Gasteiger partial charge in [0.1, 0.15) is 5.52 Å². The van der Waals surface area contributed by atoms with E-state index >= 15 is 0 Å². The normalized spacial score (nSPS) is 16.4. The Morgan fingerprint density at radius 3 is 2.71 bits per heavy atom. The molecule has 1 saturated heterocycles. The number of piperidine rings is 1. The Morgan fingerprint density at radius 2 is 1.94 bits per heavy atom.